The van der Waals surface area contributed by atoms with E-state index in [0.717, 1.165) is 0 Å². The molecule has 0 bridgehead atoms. The maximum absolute atomic E-state index is 12.9. The number of rotatable bonds is 10. The highest BCUT2D eigenvalue weighted by Crippen LogP contribution is 2.60. The van der Waals surface area contributed by atoms with Crippen molar-refractivity contribution in [3.05, 3.63) is 0 Å². The Balaban J connectivity index is 5.16. The number of halogens is 1. The van der Waals surface area contributed by atoms with Gasteiger partial charge in [0, 0.05) is 19.1 Å². The fraction of sp³-hybridized carbons (Fsp3) is 1.00. The van der Waals surface area contributed by atoms with Crippen LogP contribution in [0.4, 0.5) is 0 Å². The van der Waals surface area contributed by atoms with Crippen LogP contribution in [-0.2, 0) is 18.6 Å². The summed E-state index contributed by atoms with van der Waals surface area (Å²) in [4.78, 5) is 0. The van der Waals surface area contributed by atoms with Gasteiger partial charge in [-0.15, -0.1) is 11.6 Å². The van der Waals surface area contributed by atoms with Crippen molar-refractivity contribution in [2.45, 2.75) is 39.3 Å². The fourth-order valence-electron chi connectivity index (χ4n) is 1.64. The molecular weight excluding hydrogens is 279 g/mol. The van der Waals surface area contributed by atoms with Gasteiger partial charge >= 0.3 is 0 Å². The van der Waals surface area contributed by atoms with Crippen molar-refractivity contribution in [3.63, 3.8) is 0 Å². The molecule has 0 fully saturated rings. The van der Waals surface area contributed by atoms with E-state index in [2.05, 4.69) is 0 Å². The Morgan fingerprint density at radius 1 is 1.22 bits per heavy atom. The van der Waals surface area contributed by atoms with Crippen LogP contribution in [0.25, 0.3) is 0 Å². The van der Waals surface area contributed by atoms with Gasteiger partial charge in [-0.2, -0.15) is 0 Å². The molecule has 0 heterocycles. The lowest BCUT2D eigenvalue weighted by Crippen LogP contribution is -2.36. The van der Waals surface area contributed by atoms with Crippen LogP contribution in [0.15, 0.2) is 0 Å². The van der Waals surface area contributed by atoms with Crippen LogP contribution >= 0.6 is 19.0 Å². The third-order valence-electron chi connectivity index (χ3n) is 2.41. The van der Waals surface area contributed by atoms with Gasteiger partial charge in [-0.3, -0.25) is 4.57 Å². The van der Waals surface area contributed by atoms with E-state index in [-0.39, 0.29) is 18.6 Å². The number of hydrogen-bond acceptors (Lipinski definition) is 5. The smallest absolute Gasteiger partial charge is 0.263 e. The van der Waals surface area contributed by atoms with Gasteiger partial charge < -0.3 is 19.1 Å². The molecule has 1 unspecified atom stereocenters. The van der Waals surface area contributed by atoms with E-state index in [1.807, 2.05) is 0 Å². The number of alkyl halides is 1. The molecule has 0 aliphatic rings. The number of hydrogen-bond donors (Lipinski definition) is 1. The molecule has 18 heavy (non-hydrogen) atoms. The van der Waals surface area contributed by atoms with Crippen molar-refractivity contribution in [2.24, 2.45) is 0 Å². The zero-order chi connectivity index (χ0) is 14.2. The monoisotopic (exact) mass is 302 g/mol. The predicted molar refractivity (Wildman–Crippen MR) is 72.5 cm³/mol. The van der Waals surface area contributed by atoms with E-state index in [1.54, 1.807) is 27.7 Å². The van der Waals surface area contributed by atoms with Crippen molar-refractivity contribution in [2.75, 3.05) is 31.9 Å². The van der Waals surface area contributed by atoms with Crippen molar-refractivity contribution in [1.29, 1.82) is 0 Å². The summed E-state index contributed by atoms with van der Waals surface area (Å²) in [6.45, 7) is 7.81. The van der Waals surface area contributed by atoms with E-state index in [1.165, 1.54) is 0 Å². The first-order valence-electron chi connectivity index (χ1n) is 6.14. The van der Waals surface area contributed by atoms with Crippen LogP contribution in [0.5, 0.6) is 0 Å². The molecule has 5 nitrogen and oxygen atoms in total. The maximum atomic E-state index is 12.9. The number of aliphatic hydroxyl groups excluding tert-OH is 1. The summed E-state index contributed by atoms with van der Waals surface area (Å²) in [6, 6.07) is 0. The standard InChI is InChI=1S/C11H24ClO5P/c1-5-15-11(4,16-6-2)18(14,17-7-3)9-10(13)8-12/h10,13H,5-9H2,1-4H3/t10?,18-/m1/s1. The lowest BCUT2D eigenvalue weighted by atomic mass is 10.5. The fourth-order valence-corrected chi connectivity index (χ4v) is 4.33. The highest BCUT2D eigenvalue weighted by Gasteiger charge is 2.48. The van der Waals surface area contributed by atoms with Crippen molar-refractivity contribution >= 4 is 19.0 Å². The lowest BCUT2D eigenvalue weighted by Gasteiger charge is -2.36. The van der Waals surface area contributed by atoms with Crippen LogP contribution in [0, 0.1) is 0 Å². The molecule has 0 aromatic heterocycles. The summed E-state index contributed by atoms with van der Waals surface area (Å²) in [5, 5.41) is 9.62. The average Bonchev–Trinajstić information content (AvgIpc) is 2.29. The highest BCUT2D eigenvalue weighted by atomic mass is 35.5. The van der Waals surface area contributed by atoms with Gasteiger partial charge in [0.05, 0.1) is 18.9 Å². The molecule has 1 N–H and O–H groups in total. The van der Waals surface area contributed by atoms with Gasteiger partial charge in [0.15, 0.2) is 0 Å². The molecule has 0 radical (unpaired) electrons. The van der Waals surface area contributed by atoms with Crippen LogP contribution < -0.4 is 0 Å². The van der Waals surface area contributed by atoms with E-state index >= 15 is 0 Å². The zero-order valence-corrected chi connectivity index (χ0v) is 13.2. The first-order valence-corrected chi connectivity index (χ1v) is 8.49. The molecule has 0 spiro atoms. The normalized spacial score (nSPS) is 17.4. The second-order valence-electron chi connectivity index (χ2n) is 3.85. The molecule has 2 atom stereocenters. The topological polar surface area (TPSA) is 65.0 Å². The molecule has 0 aliphatic carbocycles. The number of aliphatic hydroxyl groups is 1. The molecule has 0 aromatic rings. The minimum Gasteiger partial charge on any atom is -0.391 e. The predicted octanol–water partition coefficient (Wildman–Crippen LogP) is 2.65. The molecule has 0 aromatic carbocycles. The number of ether oxygens (including phenoxy) is 2. The zero-order valence-electron chi connectivity index (χ0n) is 11.5. The van der Waals surface area contributed by atoms with Crippen molar-refractivity contribution in [1.82, 2.24) is 0 Å². The molecule has 0 amide bonds. The molecule has 7 heteroatoms. The van der Waals surface area contributed by atoms with Gasteiger partial charge in [-0.25, -0.2) is 0 Å². The lowest BCUT2D eigenvalue weighted by molar-refractivity contribution is -0.168. The summed E-state index contributed by atoms with van der Waals surface area (Å²) in [7, 11) is -3.33. The molecule has 0 aliphatic heterocycles. The Bertz CT molecular complexity index is 268. The van der Waals surface area contributed by atoms with Gasteiger partial charge in [-0.1, -0.05) is 0 Å². The third kappa shape index (κ3) is 4.80. The minimum atomic E-state index is -3.33. The summed E-state index contributed by atoms with van der Waals surface area (Å²) in [6.07, 6.45) is -0.995. The molecule has 110 valence electrons. The Morgan fingerprint density at radius 3 is 2.06 bits per heavy atom. The summed E-state index contributed by atoms with van der Waals surface area (Å²) in [5.74, 6) is -0.00854. The van der Waals surface area contributed by atoms with Crippen LogP contribution in [0.3, 0.4) is 0 Å². The molecular formula is C11H24ClO5P. The van der Waals surface area contributed by atoms with Crippen molar-refractivity contribution in [3.8, 4) is 0 Å². The van der Waals surface area contributed by atoms with E-state index in [4.69, 9.17) is 25.6 Å². The van der Waals surface area contributed by atoms with Crippen LogP contribution in [-0.4, -0.2) is 48.6 Å². The Labute approximate surface area is 114 Å². The largest absolute Gasteiger partial charge is 0.391 e. The molecule has 0 saturated heterocycles. The van der Waals surface area contributed by atoms with Gasteiger partial charge in [0.25, 0.3) is 7.37 Å². The average molecular weight is 303 g/mol. The highest BCUT2D eigenvalue weighted by molar-refractivity contribution is 7.60. The quantitative estimate of drug-likeness (QED) is 0.382. The first kappa shape index (κ1) is 18.4. The van der Waals surface area contributed by atoms with E-state index < -0.39 is 19.0 Å². The summed E-state index contributed by atoms with van der Waals surface area (Å²) in [5.41, 5.74) is -1.35. The first-order chi connectivity index (χ1) is 8.39. The third-order valence-corrected chi connectivity index (χ3v) is 5.84. The SMILES string of the molecule is CCOC(C)(OCC)[P@@](=O)(CC(O)CCl)OCC. The van der Waals surface area contributed by atoms with Crippen LogP contribution in [0.1, 0.15) is 27.7 Å². The van der Waals surface area contributed by atoms with Gasteiger partial charge in [0.1, 0.15) is 0 Å². The molecule has 0 rings (SSSR count). The Morgan fingerprint density at radius 2 is 1.72 bits per heavy atom. The van der Waals surface area contributed by atoms with Crippen molar-refractivity contribution < 1.29 is 23.7 Å². The van der Waals surface area contributed by atoms with Gasteiger partial charge in [0.2, 0.25) is 5.53 Å². The van der Waals surface area contributed by atoms with E-state index in [9.17, 15) is 9.67 Å². The second-order valence-corrected chi connectivity index (χ2v) is 6.94. The Kier molecular flexibility index (Phi) is 8.69. The van der Waals surface area contributed by atoms with Gasteiger partial charge in [-0.05, 0) is 27.7 Å². The molecule has 0 saturated carbocycles. The second kappa shape index (κ2) is 8.51. The maximum Gasteiger partial charge on any atom is 0.263 e. The minimum absolute atomic E-state index is 0.00854. The van der Waals surface area contributed by atoms with E-state index in [0.29, 0.717) is 13.2 Å². The van der Waals surface area contributed by atoms with Crippen LogP contribution in [0.2, 0.25) is 0 Å². The summed E-state index contributed by atoms with van der Waals surface area (Å²) < 4.78 is 29.2. The summed E-state index contributed by atoms with van der Waals surface area (Å²) >= 11 is 5.55. The Hall–Kier alpha value is 0.360.